The first kappa shape index (κ1) is 23.8. The maximum Gasteiger partial charge on any atom is 0.338 e. The van der Waals surface area contributed by atoms with Gasteiger partial charge in [-0.3, -0.25) is 14.9 Å². The highest BCUT2D eigenvalue weighted by molar-refractivity contribution is 5.97. The van der Waals surface area contributed by atoms with Crippen molar-refractivity contribution in [3.05, 3.63) is 52.1 Å². The Bertz CT molecular complexity index is 1000. The number of hydrogen-bond acceptors (Lipinski definition) is 8. The number of rotatable bonds is 9. The minimum absolute atomic E-state index is 0.0757. The molecule has 10 nitrogen and oxygen atoms in total. The van der Waals surface area contributed by atoms with Crippen molar-refractivity contribution >= 4 is 23.3 Å². The Morgan fingerprint density at radius 2 is 1.79 bits per heavy atom. The number of nitro benzene ring substituents is 1. The Morgan fingerprint density at radius 3 is 2.42 bits per heavy atom. The molecule has 0 saturated carbocycles. The molecule has 2 aromatic carbocycles. The second-order valence-corrected chi connectivity index (χ2v) is 7.80. The lowest BCUT2D eigenvalue weighted by molar-refractivity contribution is -0.384. The summed E-state index contributed by atoms with van der Waals surface area (Å²) in [5, 5.41) is 13.8. The Hall–Kier alpha value is -3.82. The lowest BCUT2D eigenvalue weighted by Crippen LogP contribution is -2.21. The highest BCUT2D eigenvalue weighted by Crippen LogP contribution is 2.39. The molecule has 0 aliphatic carbocycles. The highest BCUT2D eigenvalue weighted by atomic mass is 16.6. The van der Waals surface area contributed by atoms with Crippen LogP contribution in [0, 0.1) is 16.0 Å². The van der Waals surface area contributed by atoms with Crippen LogP contribution in [0.2, 0.25) is 0 Å². The van der Waals surface area contributed by atoms with E-state index in [2.05, 4.69) is 19.2 Å². The minimum atomic E-state index is -0.727. The molecule has 2 aromatic rings. The maximum absolute atomic E-state index is 12.3. The number of amides is 1. The summed E-state index contributed by atoms with van der Waals surface area (Å²) >= 11 is 0. The predicted molar refractivity (Wildman–Crippen MR) is 119 cm³/mol. The van der Waals surface area contributed by atoms with Crippen LogP contribution < -0.4 is 19.5 Å². The lowest BCUT2D eigenvalue weighted by Gasteiger charge is -2.11. The highest BCUT2D eigenvalue weighted by Gasteiger charge is 2.23. The van der Waals surface area contributed by atoms with Crippen molar-refractivity contribution in [3.63, 3.8) is 0 Å². The molecule has 3 rings (SSSR count). The van der Waals surface area contributed by atoms with E-state index in [1.165, 1.54) is 12.1 Å². The largest absolute Gasteiger partial charge is 0.494 e. The van der Waals surface area contributed by atoms with Gasteiger partial charge >= 0.3 is 5.97 Å². The third kappa shape index (κ3) is 6.83. The third-order valence-electron chi connectivity index (χ3n) is 4.72. The summed E-state index contributed by atoms with van der Waals surface area (Å²) in [6.07, 6.45) is 1.55. The number of carbonyl (C=O) groups excluding carboxylic acids is 2. The van der Waals surface area contributed by atoms with Crippen LogP contribution in [0.4, 0.5) is 11.4 Å². The van der Waals surface area contributed by atoms with Crippen molar-refractivity contribution < 1.29 is 33.5 Å². The van der Waals surface area contributed by atoms with Crippen LogP contribution in [0.5, 0.6) is 17.2 Å². The fraction of sp³-hybridized carbons (Fsp3) is 0.391. The fourth-order valence-electron chi connectivity index (χ4n) is 2.95. The standard InChI is InChI=1S/C23H26N2O8/c1-15(2)8-11-30-17-6-4-16(5-7-17)23(27)33-14-22(26)24-18-12-20-21(13-19(18)25(28)29)32-10-3-9-31-20/h4-7,12-13,15H,3,8-11,14H2,1-2H3,(H,24,26). The zero-order valence-electron chi connectivity index (χ0n) is 18.5. The van der Waals surface area contributed by atoms with Crippen molar-refractivity contribution in [1.29, 1.82) is 0 Å². The first-order valence-corrected chi connectivity index (χ1v) is 10.6. The molecule has 0 atom stereocenters. The molecular weight excluding hydrogens is 432 g/mol. The summed E-state index contributed by atoms with van der Waals surface area (Å²) in [6.45, 7) is 4.93. The van der Waals surface area contributed by atoms with Gasteiger partial charge in [0.25, 0.3) is 11.6 Å². The molecule has 176 valence electrons. The van der Waals surface area contributed by atoms with E-state index < -0.39 is 23.4 Å². The van der Waals surface area contributed by atoms with Crippen LogP contribution in [-0.2, 0) is 9.53 Å². The number of fused-ring (bicyclic) bond motifs is 1. The molecule has 1 aliphatic rings. The Kier molecular flexibility index (Phi) is 8.06. The van der Waals surface area contributed by atoms with Crippen LogP contribution >= 0.6 is 0 Å². The molecule has 1 aliphatic heterocycles. The quantitative estimate of drug-likeness (QED) is 0.340. The van der Waals surface area contributed by atoms with Gasteiger partial charge in [-0.25, -0.2) is 4.79 Å². The van der Waals surface area contributed by atoms with E-state index in [1.807, 2.05) is 0 Å². The summed E-state index contributed by atoms with van der Waals surface area (Å²) < 4.78 is 21.6. The topological polar surface area (TPSA) is 126 Å². The second-order valence-electron chi connectivity index (χ2n) is 7.80. The average Bonchev–Trinajstić information content (AvgIpc) is 3.02. The average molecular weight is 458 g/mol. The van der Waals surface area contributed by atoms with Crippen molar-refractivity contribution in [3.8, 4) is 17.2 Å². The number of esters is 1. The molecule has 10 heteroatoms. The van der Waals surface area contributed by atoms with Gasteiger partial charge in [0.15, 0.2) is 18.1 Å². The molecule has 0 saturated heterocycles. The number of carbonyl (C=O) groups is 2. The smallest absolute Gasteiger partial charge is 0.338 e. The summed E-state index contributed by atoms with van der Waals surface area (Å²) in [6, 6.07) is 8.92. The predicted octanol–water partition coefficient (Wildman–Crippen LogP) is 3.98. The SMILES string of the molecule is CC(C)CCOc1ccc(C(=O)OCC(=O)Nc2cc3c(cc2[N+](=O)[O-])OCCCO3)cc1. The van der Waals surface area contributed by atoms with Gasteiger partial charge < -0.3 is 24.3 Å². The van der Waals surface area contributed by atoms with Crippen LogP contribution in [0.15, 0.2) is 36.4 Å². The normalized spacial score (nSPS) is 12.6. The Labute approximate surface area is 190 Å². The number of nitrogens with zero attached hydrogens (tertiary/aromatic N) is 1. The fourth-order valence-corrected chi connectivity index (χ4v) is 2.95. The second kappa shape index (κ2) is 11.2. The van der Waals surface area contributed by atoms with Gasteiger partial charge in [-0.05, 0) is 36.6 Å². The monoisotopic (exact) mass is 458 g/mol. The number of benzene rings is 2. The van der Waals surface area contributed by atoms with Gasteiger partial charge in [0.2, 0.25) is 0 Å². The van der Waals surface area contributed by atoms with E-state index >= 15 is 0 Å². The van der Waals surface area contributed by atoms with Gasteiger partial charge in [0.05, 0.1) is 36.4 Å². The third-order valence-corrected chi connectivity index (χ3v) is 4.72. The van der Waals surface area contributed by atoms with E-state index in [-0.39, 0.29) is 22.7 Å². The van der Waals surface area contributed by atoms with Crippen LogP contribution in [0.3, 0.4) is 0 Å². The first-order chi connectivity index (χ1) is 15.8. The minimum Gasteiger partial charge on any atom is -0.494 e. The van der Waals surface area contributed by atoms with Crippen molar-refractivity contribution in [2.24, 2.45) is 5.92 Å². The first-order valence-electron chi connectivity index (χ1n) is 10.6. The van der Waals surface area contributed by atoms with E-state index in [1.54, 1.807) is 24.3 Å². The van der Waals surface area contributed by atoms with E-state index in [9.17, 15) is 19.7 Å². The molecule has 1 heterocycles. The van der Waals surface area contributed by atoms with Gasteiger partial charge in [-0.2, -0.15) is 0 Å². The molecule has 0 radical (unpaired) electrons. The number of hydrogen-bond donors (Lipinski definition) is 1. The van der Waals surface area contributed by atoms with E-state index in [0.717, 1.165) is 6.42 Å². The molecule has 0 aromatic heterocycles. The van der Waals surface area contributed by atoms with E-state index in [0.29, 0.717) is 43.7 Å². The molecule has 0 spiro atoms. The number of ether oxygens (including phenoxy) is 4. The number of nitro groups is 1. The van der Waals surface area contributed by atoms with E-state index in [4.69, 9.17) is 18.9 Å². The molecule has 0 bridgehead atoms. The molecule has 0 unspecified atom stereocenters. The molecule has 1 N–H and O–H groups in total. The van der Waals surface area contributed by atoms with Gasteiger partial charge in [-0.15, -0.1) is 0 Å². The molecule has 0 fully saturated rings. The van der Waals surface area contributed by atoms with Crippen LogP contribution in [0.25, 0.3) is 0 Å². The zero-order chi connectivity index (χ0) is 23.8. The van der Waals surface area contributed by atoms with Crippen LogP contribution in [-0.4, -0.2) is 43.2 Å². The lowest BCUT2D eigenvalue weighted by atomic mass is 10.1. The van der Waals surface area contributed by atoms with Crippen molar-refractivity contribution in [2.75, 3.05) is 31.7 Å². The Morgan fingerprint density at radius 1 is 1.12 bits per heavy atom. The van der Waals surface area contributed by atoms with Gasteiger partial charge in [0, 0.05) is 12.5 Å². The summed E-state index contributed by atoms with van der Waals surface area (Å²) in [7, 11) is 0. The Balaban J connectivity index is 1.57. The summed E-state index contributed by atoms with van der Waals surface area (Å²) in [5.74, 6) is 0.258. The van der Waals surface area contributed by atoms with Crippen molar-refractivity contribution in [1.82, 2.24) is 0 Å². The summed E-state index contributed by atoms with van der Waals surface area (Å²) in [4.78, 5) is 35.3. The molecule has 33 heavy (non-hydrogen) atoms. The zero-order valence-corrected chi connectivity index (χ0v) is 18.5. The molecular formula is C23H26N2O8. The maximum atomic E-state index is 12.3. The number of nitrogens with one attached hydrogen (secondary N) is 1. The summed E-state index contributed by atoms with van der Waals surface area (Å²) in [5.41, 5.74) is -0.180. The number of anilines is 1. The molecule has 1 amide bonds. The van der Waals surface area contributed by atoms with Gasteiger partial charge in [0.1, 0.15) is 11.4 Å². The van der Waals surface area contributed by atoms with Gasteiger partial charge in [-0.1, -0.05) is 13.8 Å². The van der Waals surface area contributed by atoms with Crippen molar-refractivity contribution in [2.45, 2.75) is 26.7 Å². The van der Waals surface area contributed by atoms with Crippen LogP contribution in [0.1, 0.15) is 37.0 Å².